The summed E-state index contributed by atoms with van der Waals surface area (Å²) in [6.45, 7) is 5.04. The highest BCUT2D eigenvalue weighted by Crippen LogP contribution is 2.17. The molecule has 2 rings (SSSR count). The number of aliphatic imine (C=N–C) groups is 1. The van der Waals surface area contributed by atoms with Crippen molar-refractivity contribution in [3.05, 3.63) is 29.8 Å². The Morgan fingerprint density at radius 1 is 1.25 bits per heavy atom. The maximum atomic E-state index is 11.1. The Kier molecular flexibility index (Phi) is 9.75. The first kappa shape index (κ1) is 20.7. The van der Waals surface area contributed by atoms with E-state index in [2.05, 4.69) is 27.9 Å². The molecule has 134 valence electrons. The van der Waals surface area contributed by atoms with Gasteiger partial charge in [0.2, 0.25) is 5.91 Å². The van der Waals surface area contributed by atoms with Gasteiger partial charge >= 0.3 is 0 Å². The zero-order valence-electron chi connectivity index (χ0n) is 14.6. The van der Waals surface area contributed by atoms with Gasteiger partial charge in [0, 0.05) is 25.2 Å². The number of rotatable bonds is 5. The molecule has 1 aromatic rings. The molecule has 6 heteroatoms. The number of carbonyl (C=O) groups excluding carboxylic acids is 1. The Hall–Kier alpha value is -1.31. The van der Waals surface area contributed by atoms with Crippen LogP contribution in [0.3, 0.4) is 0 Å². The van der Waals surface area contributed by atoms with E-state index in [1.54, 1.807) is 0 Å². The molecule has 1 saturated carbocycles. The molecule has 24 heavy (non-hydrogen) atoms. The van der Waals surface area contributed by atoms with Crippen molar-refractivity contribution in [2.75, 3.05) is 11.9 Å². The number of benzene rings is 1. The number of guanidine groups is 1. The Morgan fingerprint density at radius 3 is 2.67 bits per heavy atom. The molecule has 0 unspecified atom stereocenters. The van der Waals surface area contributed by atoms with Gasteiger partial charge in [-0.1, -0.05) is 31.4 Å². The van der Waals surface area contributed by atoms with Gasteiger partial charge in [0.1, 0.15) is 0 Å². The van der Waals surface area contributed by atoms with Gasteiger partial charge < -0.3 is 16.0 Å². The first-order valence-electron chi connectivity index (χ1n) is 8.58. The smallest absolute Gasteiger partial charge is 0.221 e. The molecule has 1 aliphatic rings. The van der Waals surface area contributed by atoms with E-state index in [1.807, 2.05) is 24.3 Å². The molecule has 0 aromatic heterocycles. The van der Waals surface area contributed by atoms with Gasteiger partial charge in [-0.2, -0.15) is 0 Å². The van der Waals surface area contributed by atoms with Crippen LogP contribution in [0.2, 0.25) is 0 Å². The highest BCUT2D eigenvalue weighted by Gasteiger charge is 2.14. The van der Waals surface area contributed by atoms with Crippen molar-refractivity contribution in [1.82, 2.24) is 10.6 Å². The summed E-state index contributed by atoms with van der Waals surface area (Å²) in [7, 11) is 0. The van der Waals surface area contributed by atoms with E-state index in [1.165, 1.54) is 39.0 Å². The molecule has 1 amide bonds. The van der Waals surface area contributed by atoms with Crippen molar-refractivity contribution in [3.8, 4) is 0 Å². The molecule has 3 N–H and O–H groups in total. The zero-order chi connectivity index (χ0) is 16.5. The van der Waals surface area contributed by atoms with Crippen LogP contribution < -0.4 is 16.0 Å². The molecule has 0 spiro atoms. The number of amides is 1. The normalized spacial score (nSPS) is 15.3. The van der Waals surface area contributed by atoms with Crippen LogP contribution in [0.5, 0.6) is 0 Å². The molecule has 1 aliphatic carbocycles. The number of anilines is 1. The lowest BCUT2D eigenvalue weighted by atomic mass is 9.96. The predicted molar refractivity (Wildman–Crippen MR) is 111 cm³/mol. The van der Waals surface area contributed by atoms with E-state index in [9.17, 15) is 4.79 Å². The van der Waals surface area contributed by atoms with Crippen molar-refractivity contribution in [2.24, 2.45) is 4.99 Å². The Morgan fingerprint density at radius 2 is 2.00 bits per heavy atom. The van der Waals surface area contributed by atoms with Crippen LogP contribution in [0, 0.1) is 0 Å². The Bertz CT molecular complexity index is 542. The number of hydrogen-bond donors (Lipinski definition) is 3. The molecular formula is C18H29IN4O. The fourth-order valence-electron chi connectivity index (χ4n) is 2.88. The summed E-state index contributed by atoms with van der Waals surface area (Å²) in [6.07, 6.45) is 6.40. The Balaban J connectivity index is 0.00000288. The third-order valence-electron chi connectivity index (χ3n) is 3.96. The highest BCUT2D eigenvalue weighted by atomic mass is 127. The van der Waals surface area contributed by atoms with Crippen LogP contribution in [0.25, 0.3) is 0 Å². The van der Waals surface area contributed by atoms with Crippen LogP contribution in [0.4, 0.5) is 5.69 Å². The van der Waals surface area contributed by atoms with E-state index < -0.39 is 0 Å². The fraction of sp³-hybridized carbons (Fsp3) is 0.556. The first-order chi connectivity index (χ1) is 11.2. The molecule has 1 aromatic carbocycles. The van der Waals surface area contributed by atoms with E-state index in [4.69, 9.17) is 0 Å². The largest absolute Gasteiger partial charge is 0.357 e. The first-order valence-corrected chi connectivity index (χ1v) is 8.58. The molecule has 0 aliphatic heterocycles. The zero-order valence-corrected chi connectivity index (χ0v) is 16.9. The lowest BCUT2D eigenvalue weighted by Crippen LogP contribution is -2.44. The van der Waals surface area contributed by atoms with Crippen LogP contribution in [0.15, 0.2) is 29.3 Å². The molecule has 0 atom stereocenters. The third kappa shape index (κ3) is 7.51. The molecular weight excluding hydrogens is 415 g/mol. The average Bonchev–Trinajstić information content (AvgIpc) is 2.53. The van der Waals surface area contributed by atoms with Crippen molar-refractivity contribution in [2.45, 2.75) is 58.5 Å². The van der Waals surface area contributed by atoms with Crippen LogP contribution in [-0.2, 0) is 11.3 Å². The van der Waals surface area contributed by atoms with Crippen molar-refractivity contribution in [3.63, 3.8) is 0 Å². The minimum absolute atomic E-state index is 0. The second kappa shape index (κ2) is 11.3. The lowest BCUT2D eigenvalue weighted by molar-refractivity contribution is -0.114. The number of carbonyl (C=O) groups is 1. The van der Waals surface area contributed by atoms with Gasteiger partial charge in [0.25, 0.3) is 0 Å². The summed E-state index contributed by atoms with van der Waals surface area (Å²) in [5.74, 6) is 0.822. The summed E-state index contributed by atoms with van der Waals surface area (Å²) in [5.41, 5.74) is 1.90. The van der Waals surface area contributed by atoms with Gasteiger partial charge in [-0.15, -0.1) is 24.0 Å². The lowest BCUT2D eigenvalue weighted by Gasteiger charge is -2.24. The van der Waals surface area contributed by atoms with E-state index in [0.717, 1.165) is 23.8 Å². The van der Waals surface area contributed by atoms with Crippen molar-refractivity contribution >= 4 is 41.5 Å². The van der Waals surface area contributed by atoms with Gasteiger partial charge in [-0.25, -0.2) is 4.99 Å². The number of halogens is 1. The van der Waals surface area contributed by atoms with E-state index in [0.29, 0.717) is 12.6 Å². The van der Waals surface area contributed by atoms with Crippen LogP contribution in [-0.4, -0.2) is 24.5 Å². The minimum Gasteiger partial charge on any atom is -0.357 e. The molecule has 0 bridgehead atoms. The maximum Gasteiger partial charge on any atom is 0.221 e. The van der Waals surface area contributed by atoms with Gasteiger partial charge in [-0.3, -0.25) is 4.79 Å². The third-order valence-corrected chi connectivity index (χ3v) is 3.96. The monoisotopic (exact) mass is 444 g/mol. The van der Waals surface area contributed by atoms with E-state index >= 15 is 0 Å². The standard InChI is InChI=1S/C18H28N4O.HI/c1-3-19-18(22-16-9-5-4-6-10-16)20-13-15-8-7-11-17(12-15)21-14(2)23;/h7-8,11-12,16H,3-6,9-10,13H2,1-2H3,(H,21,23)(H2,19,20,22);1H. The Labute approximate surface area is 162 Å². The fourth-order valence-corrected chi connectivity index (χ4v) is 2.88. The number of hydrogen-bond acceptors (Lipinski definition) is 2. The summed E-state index contributed by atoms with van der Waals surface area (Å²) in [4.78, 5) is 15.8. The average molecular weight is 444 g/mol. The van der Waals surface area contributed by atoms with Crippen LogP contribution >= 0.6 is 24.0 Å². The van der Waals surface area contributed by atoms with E-state index in [-0.39, 0.29) is 29.9 Å². The van der Waals surface area contributed by atoms with Crippen molar-refractivity contribution in [1.29, 1.82) is 0 Å². The quantitative estimate of drug-likeness (QED) is 0.369. The van der Waals surface area contributed by atoms with Gasteiger partial charge in [0.15, 0.2) is 5.96 Å². The molecule has 1 fully saturated rings. The SMILES string of the molecule is CCNC(=NCc1cccc(NC(C)=O)c1)NC1CCCCC1.I. The summed E-state index contributed by atoms with van der Waals surface area (Å²) in [6, 6.07) is 8.36. The predicted octanol–water partition coefficient (Wildman–Crippen LogP) is 3.65. The second-order valence-corrected chi connectivity index (χ2v) is 6.06. The maximum absolute atomic E-state index is 11.1. The summed E-state index contributed by atoms with van der Waals surface area (Å²) < 4.78 is 0. The van der Waals surface area contributed by atoms with Crippen molar-refractivity contribution < 1.29 is 4.79 Å². The molecule has 0 heterocycles. The van der Waals surface area contributed by atoms with Gasteiger partial charge in [-0.05, 0) is 37.5 Å². The summed E-state index contributed by atoms with van der Waals surface area (Å²) in [5, 5.41) is 9.66. The molecule has 5 nitrogen and oxygen atoms in total. The van der Waals surface area contributed by atoms with Gasteiger partial charge in [0.05, 0.1) is 6.54 Å². The second-order valence-electron chi connectivity index (χ2n) is 6.06. The molecule has 0 radical (unpaired) electrons. The highest BCUT2D eigenvalue weighted by molar-refractivity contribution is 14.0. The topological polar surface area (TPSA) is 65.5 Å². The summed E-state index contributed by atoms with van der Waals surface area (Å²) >= 11 is 0. The van der Waals surface area contributed by atoms with Crippen LogP contribution in [0.1, 0.15) is 51.5 Å². The number of nitrogens with one attached hydrogen (secondary N) is 3. The number of nitrogens with zero attached hydrogens (tertiary/aromatic N) is 1. The minimum atomic E-state index is -0.0574. The molecule has 0 saturated heterocycles.